The van der Waals surface area contributed by atoms with Gasteiger partial charge in [0.25, 0.3) is 0 Å². The fourth-order valence-corrected chi connectivity index (χ4v) is 6.06. The van der Waals surface area contributed by atoms with Gasteiger partial charge < -0.3 is 25.6 Å². The molecule has 6 rings (SSSR count). The topological polar surface area (TPSA) is 125 Å². The SMILES string of the molecule is O=C(NC12CCC(C(=O)N[C@H](CO)C(=O)O)(CC1)CC2)OCC1c2ccccc2-c2ccccc21. The zero-order chi connectivity index (χ0) is 24.6. The second-order valence-electron chi connectivity index (χ2n) is 10.1. The minimum absolute atomic E-state index is 0.00610. The number of aliphatic carboxylic acids is 1. The van der Waals surface area contributed by atoms with Crippen molar-refractivity contribution < 1.29 is 29.3 Å². The van der Waals surface area contributed by atoms with Gasteiger partial charge in [-0.1, -0.05) is 48.5 Å². The third kappa shape index (κ3) is 4.16. The molecule has 0 saturated heterocycles. The molecule has 4 aliphatic carbocycles. The minimum atomic E-state index is -1.30. The van der Waals surface area contributed by atoms with Gasteiger partial charge in [0.1, 0.15) is 12.6 Å². The molecule has 2 bridgehead atoms. The molecule has 8 heteroatoms. The Labute approximate surface area is 203 Å². The Balaban J connectivity index is 1.19. The van der Waals surface area contributed by atoms with Crippen molar-refractivity contribution in [2.75, 3.05) is 13.2 Å². The van der Waals surface area contributed by atoms with Crippen LogP contribution in [0.5, 0.6) is 0 Å². The Morgan fingerprint density at radius 3 is 1.97 bits per heavy atom. The number of rotatable bonds is 7. The number of carboxylic acid groups (broad SMARTS) is 1. The highest BCUT2D eigenvalue weighted by molar-refractivity contribution is 5.88. The molecule has 2 aromatic carbocycles. The summed E-state index contributed by atoms with van der Waals surface area (Å²) in [4.78, 5) is 36.9. The predicted octanol–water partition coefficient (Wildman–Crippen LogP) is 3.18. The third-order valence-electron chi connectivity index (χ3n) is 8.22. The number of carboxylic acids is 1. The number of aliphatic hydroxyl groups is 1. The number of amides is 2. The molecule has 3 saturated carbocycles. The number of hydrogen-bond donors (Lipinski definition) is 4. The van der Waals surface area contributed by atoms with Gasteiger partial charge in [-0.05, 0) is 60.8 Å². The standard InChI is InChI=1S/C27H30N2O6/c30-15-22(23(31)32)28-24(33)26-9-12-27(13-10-26,14-11-26)29-25(34)35-16-21-19-7-3-1-5-17(19)18-6-2-4-8-20(18)21/h1-8,21-22,30H,9-16H2,(H,28,33)(H,29,34)(H,31,32)/t22-,26?,27?/m1/s1. The van der Waals surface area contributed by atoms with E-state index in [4.69, 9.17) is 9.84 Å². The molecule has 184 valence electrons. The molecular weight excluding hydrogens is 448 g/mol. The van der Waals surface area contributed by atoms with E-state index in [1.165, 1.54) is 11.1 Å². The summed E-state index contributed by atoms with van der Waals surface area (Å²) in [7, 11) is 0. The summed E-state index contributed by atoms with van der Waals surface area (Å²) < 4.78 is 5.73. The van der Waals surface area contributed by atoms with Crippen molar-refractivity contribution in [2.45, 2.75) is 56.0 Å². The number of benzene rings is 2. The van der Waals surface area contributed by atoms with E-state index in [1.807, 2.05) is 24.3 Å². The van der Waals surface area contributed by atoms with E-state index < -0.39 is 35.7 Å². The van der Waals surface area contributed by atoms with Crippen LogP contribution in [0.1, 0.15) is 55.6 Å². The third-order valence-corrected chi connectivity index (χ3v) is 8.22. The maximum Gasteiger partial charge on any atom is 0.407 e. The highest BCUT2D eigenvalue weighted by Crippen LogP contribution is 2.52. The Morgan fingerprint density at radius 2 is 1.46 bits per heavy atom. The Bertz CT molecular complexity index is 1090. The van der Waals surface area contributed by atoms with E-state index in [-0.39, 0.29) is 18.4 Å². The van der Waals surface area contributed by atoms with Gasteiger partial charge in [-0.2, -0.15) is 0 Å². The van der Waals surface area contributed by atoms with E-state index in [0.29, 0.717) is 38.5 Å². The number of carbonyl (C=O) groups is 3. The number of alkyl carbamates (subject to hydrolysis) is 1. The van der Waals surface area contributed by atoms with Crippen LogP contribution in [0.3, 0.4) is 0 Å². The lowest BCUT2D eigenvalue weighted by atomic mass is 9.57. The lowest BCUT2D eigenvalue weighted by molar-refractivity contribution is -0.147. The van der Waals surface area contributed by atoms with Crippen LogP contribution in [0.2, 0.25) is 0 Å². The van der Waals surface area contributed by atoms with E-state index in [9.17, 15) is 19.5 Å². The molecule has 2 amide bonds. The van der Waals surface area contributed by atoms with Crippen molar-refractivity contribution in [3.63, 3.8) is 0 Å². The second kappa shape index (κ2) is 9.00. The first-order valence-corrected chi connectivity index (χ1v) is 12.1. The van der Waals surface area contributed by atoms with Crippen LogP contribution in [0.15, 0.2) is 48.5 Å². The van der Waals surface area contributed by atoms with E-state index >= 15 is 0 Å². The van der Waals surface area contributed by atoms with Gasteiger partial charge in [0.15, 0.2) is 0 Å². The summed E-state index contributed by atoms with van der Waals surface area (Å²) in [6.45, 7) is -0.398. The molecule has 0 spiro atoms. The molecule has 0 radical (unpaired) electrons. The van der Waals surface area contributed by atoms with Crippen molar-refractivity contribution in [1.82, 2.24) is 10.6 Å². The summed E-state index contributed by atoms with van der Waals surface area (Å²) in [5, 5.41) is 23.9. The fourth-order valence-electron chi connectivity index (χ4n) is 6.06. The van der Waals surface area contributed by atoms with Crippen molar-refractivity contribution in [2.24, 2.45) is 5.41 Å². The van der Waals surface area contributed by atoms with Gasteiger partial charge in [0.05, 0.1) is 6.61 Å². The average molecular weight is 479 g/mol. The number of ether oxygens (including phenoxy) is 1. The van der Waals surface area contributed by atoms with Gasteiger partial charge in [-0.3, -0.25) is 4.79 Å². The minimum Gasteiger partial charge on any atom is -0.480 e. The number of fused-ring (bicyclic) bond motifs is 6. The summed E-state index contributed by atoms with van der Waals surface area (Å²) in [6.07, 6.45) is 3.10. The molecule has 0 aromatic heterocycles. The molecule has 8 nitrogen and oxygen atoms in total. The molecule has 0 heterocycles. The first-order valence-electron chi connectivity index (χ1n) is 12.1. The predicted molar refractivity (Wildman–Crippen MR) is 128 cm³/mol. The molecule has 4 aliphatic rings. The molecule has 1 atom stereocenters. The molecule has 2 aromatic rings. The lowest BCUT2D eigenvalue weighted by Crippen LogP contribution is -2.61. The van der Waals surface area contributed by atoms with E-state index in [1.54, 1.807) is 0 Å². The van der Waals surface area contributed by atoms with Crippen LogP contribution in [0.25, 0.3) is 11.1 Å². The summed E-state index contributed by atoms with van der Waals surface area (Å²) in [5.41, 5.74) is 3.62. The zero-order valence-corrected chi connectivity index (χ0v) is 19.5. The average Bonchev–Trinajstić information content (AvgIpc) is 3.20. The Kier molecular flexibility index (Phi) is 6.01. The van der Waals surface area contributed by atoms with Crippen LogP contribution in [0.4, 0.5) is 4.79 Å². The van der Waals surface area contributed by atoms with Crippen LogP contribution in [-0.4, -0.2) is 53.0 Å². The lowest BCUT2D eigenvalue weighted by Gasteiger charge is -2.52. The molecule has 0 aliphatic heterocycles. The number of nitrogens with one attached hydrogen (secondary N) is 2. The first-order chi connectivity index (χ1) is 16.9. The molecular formula is C27H30N2O6. The number of aliphatic hydroxyl groups excluding tert-OH is 1. The highest BCUT2D eigenvalue weighted by atomic mass is 16.5. The summed E-state index contributed by atoms with van der Waals surface area (Å²) in [5.74, 6) is -1.59. The van der Waals surface area contributed by atoms with E-state index in [2.05, 4.69) is 34.9 Å². The van der Waals surface area contributed by atoms with Gasteiger partial charge in [0.2, 0.25) is 5.91 Å². The first kappa shape index (κ1) is 23.4. The van der Waals surface area contributed by atoms with Crippen LogP contribution >= 0.6 is 0 Å². The molecule has 0 unspecified atom stereocenters. The van der Waals surface area contributed by atoms with Crippen molar-refractivity contribution >= 4 is 18.0 Å². The maximum atomic E-state index is 12.8. The van der Waals surface area contributed by atoms with E-state index in [0.717, 1.165) is 11.1 Å². The summed E-state index contributed by atoms with van der Waals surface area (Å²) in [6, 6.07) is 15.1. The quantitative estimate of drug-likeness (QED) is 0.484. The smallest absolute Gasteiger partial charge is 0.407 e. The number of carbonyl (C=O) groups excluding carboxylic acids is 2. The normalized spacial score (nSPS) is 25.3. The second-order valence-corrected chi connectivity index (χ2v) is 10.1. The van der Waals surface area contributed by atoms with Crippen LogP contribution in [0, 0.1) is 5.41 Å². The zero-order valence-electron chi connectivity index (χ0n) is 19.5. The molecule has 4 N–H and O–H groups in total. The molecule has 35 heavy (non-hydrogen) atoms. The van der Waals surface area contributed by atoms with Crippen LogP contribution < -0.4 is 10.6 Å². The van der Waals surface area contributed by atoms with Crippen LogP contribution in [-0.2, 0) is 14.3 Å². The van der Waals surface area contributed by atoms with Crippen molar-refractivity contribution in [1.29, 1.82) is 0 Å². The van der Waals surface area contributed by atoms with Crippen molar-refractivity contribution in [3.05, 3.63) is 59.7 Å². The number of hydrogen-bond acceptors (Lipinski definition) is 5. The van der Waals surface area contributed by atoms with Gasteiger partial charge >= 0.3 is 12.1 Å². The van der Waals surface area contributed by atoms with Gasteiger partial charge in [-0.25, -0.2) is 9.59 Å². The van der Waals surface area contributed by atoms with Gasteiger partial charge in [0, 0.05) is 16.9 Å². The monoisotopic (exact) mass is 478 g/mol. The van der Waals surface area contributed by atoms with Crippen molar-refractivity contribution in [3.8, 4) is 11.1 Å². The van der Waals surface area contributed by atoms with Gasteiger partial charge in [-0.15, -0.1) is 0 Å². The summed E-state index contributed by atoms with van der Waals surface area (Å²) >= 11 is 0. The Hall–Kier alpha value is -3.39. The fraction of sp³-hybridized carbons (Fsp3) is 0.444. The highest BCUT2D eigenvalue weighted by Gasteiger charge is 2.53. The Morgan fingerprint density at radius 1 is 0.914 bits per heavy atom. The molecule has 3 fully saturated rings. The largest absolute Gasteiger partial charge is 0.480 e. The maximum absolute atomic E-state index is 12.8.